The summed E-state index contributed by atoms with van der Waals surface area (Å²) in [7, 11) is 2.13. The number of ketones is 1. The number of likely N-dealkylation sites (tertiary alicyclic amines) is 1. The molecule has 0 amide bonds. The third kappa shape index (κ3) is 6.83. The van der Waals surface area contributed by atoms with Crippen molar-refractivity contribution in [3.8, 4) is 17.4 Å². The van der Waals surface area contributed by atoms with Crippen LogP contribution >= 0.6 is 0 Å². The van der Waals surface area contributed by atoms with Gasteiger partial charge in [0.15, 0.2) is 17.3 Å². The van der Waals surface area contributed by atoms with Gasteiger partial charge in [0.2, 0.25) is 5.88 Å². The highest BCUT2D eigenvalue weighted by molar-refractivity contribution is 5.93. The highest BCUT2D eigenvalue weighted by atomic mass is 16.5. The number of likely N-dealkylation sites (N-methyl/N-ethyl adjacent to an activating group) is 1. The lowest BCUT2D eigenvalue weighted by molar-refractivity contribution is -0.122. The number of allylic oxidation sites excluding steroid dienone is 1. The van der Waals surface area contributed by atoms with Gasteiger partial charge in [-0.05, 0) is 59.0 Å². The number of ether oxygens (including phenoxy) is 1. The number of Topliss-reactive ketones (excluding diaryl/α,β-unsaturated/α-hetero) is 1. The lowest BCUT2D eigenvalue weighted by atomic mass is 9.84. The minimum atomic E-state index is -0.230. The van der Waals surface area contributed by atoms with Crippen molar-refractivity contribution in [2.24, 2.45) is 4.99 Å². The molecular weight excluding hydrogens is 468 g/mol. The molecule has 1 saturated heterocycles. The monoisotopic (exact) mass is 508 g/mol. The highest BCUT2D eigenvalue weighted by Gasteiger charge is 2.32. The number of rotatable bonds is 10. The number of amidine groups is 1. The van der Waals surface area contributed by atoms with E-state index < -0.39 is 0 Å². The van der Waals surface area contributed by atoms with Crippen LogP contribution in [-0.4, -0.2) is 57.9 Å². The van der Waals surface area contributed by atoms with Crippen LogP contribution in [-0.2, 0) is 11.2 Å². The van der Waals surface area contributed by atoms with Crippen LogP contribution in [0.15, 0.2) is 27.9 Å². The van der Waals surface area contributed by atoms with Gasteiger partial charge in [0.05, 0.1) is 5.92 Å². The Morgan fingerprint density at radius 2 is 2.14 bits per heavy atom. The molecule has 0 unspecified atom stereocenters. The van der Waals surface area contributed by atoms with E-state index in [1.807, 2.05) is 13.0 Å². The summed E-state index contributed by atoms with van der Waals surface area (Å²) in [5.41, 5.74) is 1.51. The Hall–Kier alpha value is -3.07. The Morgan fingerprint density at radius 3 is 2.86 bits per heavy atom. The molecule has 2 aliphatic rings. The average molecular weight is 509 g/mol. The molecule has 1 aliphatic heterocycles. The molecular formula is C28H40N6O3. The summed E-state index contributed by atoms with van der Waals surface area (Å²) in [6, 6.07) is 2.16. The average Bonchev–Trinajstić information content (AvgIpc) is 3.49. The third-order valence-electron chi connectivity index (χ3n) is 7.12. The Labute approximate surface area is 219 Å². The van der Waals surface area contributed by atoms with Crippen LogP contribution in [0.25, 0.3) is 11.5 Å². The Balaban J connectivity index is 1.68. The number of aliphatic imine (C=N–C) groups is 1. The summed E-state index contributed by atoms with van der Waals surface area (Å²) in [5, 5.41) is 7.66. The van der Waals surface area contributed by atoms with Crippen LogP contribution < -0.4 is 10.1 Å². The topological polar surface area (TPSA) is 106 Å². The maximum Gasteiger partial charge on any atom is 0.219 e. The number of nitrogens with one attached hydrogen (secondary N) is 1. The SMILES string of the molecule is CC/C=C\N=C(C)Nc1cc(OC[C@@H]2CCCN2C)nc(-c2noc([C@H]3CCCCC3=O)c2CCC)n1. The van der Waals surface area contributed by atoms with Crippen LogP contribution in [0.1, 0.15) is 89.4 Å². The smallest absolute Gasteiger partial charge is 0.219 e. The molecule has 3 heterocycles. The van der Waals surface area contributed by atoms with E-state index in [1.54, 1.807) is 12.3 Å². The Kier molecular flexibility index (Phi) is 9.44. The van der Waals surface area contributed by atoms with Crippen molar-refractivity contribution in [3.05, 3.63) is 29.7 Å². The van der Waals surface area contributed by atoms with Crippen molar-refractivity contribution >= 4 is 17.4 Å². The molecule has 0 radical (unpaired) electrons. The number of hydrogen-bond acceptors (Lipinski definition) is 8. The highest BCUT2D eigenvalue weighted by Crippen LogP contribution is 2.36. The molecule has 1 saturated carbocycles. The van der Waals surface area contributed by atoms with Crippen molar-refractivity contribution in [1.82, 2.24) is 20.0 Å². The molecule has 2 aromatic heterocycles. The van der Waals surface area contributed by atoms with E-state index in [-0.39, 0.29) is 11.7 Å². The normalized spacial score (nSPS) is 21.2. The number of aromatic nitrogens is 3. The van der Waals surface area contributed by atoms with Crippen molar-refractivity contribution in [1.29, 1.82) is 0 Å². The van der Waals surface area contributed by atoms with Crippen LogP contribution in [0.4, 0.5) is 5.82 Å². The number of hydrogen-bond donors (Lipinski definition) is 1. The summed E-state index contributed by atoms with van der Waals surface area (Å²) in [6.45, 7) is 7.71. The molecule has 1 N–H and O–H groups in total. The molecule has 9 heteroatoms. The molecule has 2 aromatic rings. The largest absolute Gasteiger partial charge is 0.476 e. The van der Waals surface area contributed by atoms with Gasteiger partial charge in [-0.25, -0.2) is 9.98 Å². The van der Waals surface area contributed by atoms with Gasteiger partial charge in [-0.1, -0.05) is 37.9 Å². The molecule has 2 atom stereocenters. The summed E-state index contributed by atoms with van der Waals surface area (Å²) >= 11 is 0. The van der Waals surface area contributed by atoms with Crippen LogP contribution in [0.5, 0.6) is 5.88 Å². The minimum Gasteiger partial charge on any atom is -0.476 e. The van der Waals surface area contributed by atoms with E-state index in [1.165, 1.54) is 6.42 Å². The summed E-state index contributed by atoms with van der Waals surface area (Å²) in [6.07, 6.45) is 12.0. The van der Waals surface area contributed by atoms with E-state index >= 15 is 0 Å². The Morgan fingerprint density at radius 1 is 1.27 bits per heavy atom. The number of anilines is 1. The number of carbonyl (C=O) groups is 1. The van der Waals surface area contributed by atoms with Crippen LogP contribution in [0, 0.1) is 0 Å². The molecule has 37 heavy (non-hydrogen) atoms. The molecule has 1 aliphatic carbocycles. The molecule has 0 spiro atoms. The standard InChI is InChI=1S/C28H40N6O3/c1-5-7-15-29-19(3)30-24-17-25(36-18-20-12-10-16-34(20)4)32-28(31-24)26-22(11-6-2)27(37-33-26)21-13-8-9-14-23(21)35/h7,15,17,20-21H,5-6,8-14,16,18H2,1-4H3,(H,29,30,31,32)/b15-7-/t20-,21-/m0/s1. The molecule has 4 rings (SSSR count). The van der Waals surface area contributed by atoms with Gasteiger partial charge in [0.1, 0.15) is 24.0 Å². The zero-order valence-corrected chi connectivity index (χ0v) is 22.6. The van der Waals surface area contributed by atoms with Crippen molar-refractivity contribution < 1.29 is 14.1 Å². The van der Waals surface area contributed by atoms with E-state index in [4.69, 9.17) is 19.2 Å². The maximum absolute atomic E-state index is 12.7. The van der Waals surface area contributed by atoms with Crippen molar-refractivity contribution in [3.63, 3.8) is 0 Å². The predicted molar refractivity (Wildman–Crippen MR) is 145 cm³/mol. The maximum atomic E-state index is 12.7. The van der Waals surface area contributed by atoms with Gasteiger partial charge >= 0.3 is 0 Å². The van der Waals surface area contributed by atoms with Crippen LogP contribution in [0.3, 0.4) is 0 Å². The van der Waals surface area contributed by atoms with E-state index in [2.05, 4.69) is 41.3 Å². The summed E-state index contributed by atoms with van der Waals surface area (Å²) < 4.78 is 12.0. The van der Waals surface area contributed by atoms with Gasteiger partial charge in [0.25, 0.3) is 0 Å². The fraction of sp³-hybridized carbons (Fsp3) is 0.607. The second-order valence-electron chi connectivity index (χ2n) is 10.0. The lowest BCUT2D eigenvalue weighted by Gasteiger charge is -2.20. The first-order valence-electron chi connectivity index (χ1n) is 13.7. The lowest BCUT2D eigenvalue weighted by Crippen LogP contribution is -2.30. The van der Waals surface area contributed by atoms with E-state index in [0.717, 1.165) is 57.1 Å². The molecule has 200 valence electrons. The predicted octanol–water partition coefficient (Wildman–Crippen LogP) is 5.54. The van der Waals surface area contributed by atoms with E-state index in [9.17, 15) is 4.79 Å². The summed E-state index contributed by atoms with van der Waals surface area (Å²) in [5.74, 6) is 2.88. The van der Waals surface area contributed by atoms with Crippen molar-refractivity contribution in [2.45, 2.75) is 90.5 Å². The molecule has 2 fully saturated rings. The van der Waals surface area contributed by atoms with Gasteiger partial charge in [-0.3, -0.25) is 4.79 Å². The first-order chi connectivity index (χ1) is 18.0. The second-order valence-corrected chi connectivity index (χ2v) is 10.0. The quantitative estimate of drug-likeness (QED) is 0.329. The van der Waals surface area contributed by atoms with Gasteiger partial charge in [-0.15, -0.1) is 0 Å². The molecule has 9 nitrogen and oxygen atoms in total. The van der Waals surface area contributed by atoms with Gasteiger partial charge in [0, 0.05) is 30.3 Å². The van der Waals surface area contributed by atoms with E-state index in [0.29, 0.717) is 53.9 Å². The zero-order valence-electron chi connectivity index (χ0n) is 22.6. The fourth-order valence-corrected chi connectivity index (χ4v) is 5.05. The van der Waals surface area contributed by atoms with Crippen molar-refractivity contribution in [2.75, 3.05) is 25.5 Å². The molecule has 0 aromatic carbocycles. The molecule has 0 bridgehead atoms. The van der Waals surface area contributed by atoms with Gasteiger partial charge in [-0.2, -0.15) is 4.98 Å². The summed E-state index contributed by atoms with van der Waals surface area (Å²) in [4.78, 5) is 29.0. The Bertz CT molecular complexity index is 1130. The number of nitrogens with zero attached hydrogens (tertiary/aromatic N) is 5. The van der Waals surface area contributed by atoms with Gasteiger partial charge < -0.3 is 19.5 Å². The zero-order chi connectivity index (χ0) is 26.2. The fourth-order valence-electron chi connectivity index (χ4n) is 5.05. The minimum absolute atomic E-state index is 0.230. The number of carbonyl (C=O) groups excluding carboxylic acids is 1. The first kappa shape index (κ1) is 27.0. The first-order valence-corrected chi connectivity index (χ1v) is 13.7. The second kappa shape index (κ2) is 12.9. The van der Waals surface area contributed by atoms with Crippen LogP contribution in [0.2, 0.25) is 0 Å². The third-order valence-corrected chi connectivity index (χ3v) is 7.12.